The van der Waals surface area contributed by atoms with Gasteiger partial charge in [-0.2, -0.15) is 0 Å². The Morgan fingerprint density at radius 3 is 1.58 bits per heavy atom. The van der Waals surface area contributed by atoms with Gasteiger partial charge in [-0.15, -0.1) is 0 Å². The lowest BCUT2D eigenvalue weighted by atomic mass is 10.2. The van der Waals surface area contributed by atoms with Gasteiger partial charge in [-0.1, -0.05) is 30.3 Å². The van der Waals surface area contributed by atoms with Gasteiger partial charge < -0.3 is 18.0 Å². The standard InChI is InChI=1S/C16H22O7Si/c1-11(2)20-16(15-9-7-6-8-10-15)24(21-12(3)17,22-13(4)18)23-14(5)19/h6-11,16H,1-5H3. The Morgan fingerprint density at radius 2 is 1.25 bits per heavy atom. The molecule has 1 atom stereocenters. The first-order chi connectivity index (χ1) is 11.2. The summed E-state index contributed by atoms with van der Waals surface area (Å²) >= 11 is 0. The molecule has 0 aliphatic heterocycles. The van der Waals surface area contributed by atoms with Gasteiger partial charge in [0.15, 0.2) is 5.73 Å². The molecule has 1 rings (SSSR count). The summed E-state index contributed by atoms with van der Waals surface area (Å²) in [5.74, 6) is -2.22. The van der Waals surface area contributed by atoms with Gasteiger partial charge in [0.1, 0.15) is 0 Å². The Kier molecular flexibility index (Phi) is 7.11. The summed E-state index contributed by atoms with van der Waals surface area (Å²) in [6.07, 6.45) is -0.302. The molecule has 0 aliphatic carbocycles. The van der Waals surface area contributed by atoms with Gasteiger partial charge in [-0.25, -0.2) is 0 Å². The Labute approximate surface area is 142 Å². The van der Waals surface area contributed by atoms with E-state index in [9.17, 15) is 14.4 Å². The molecule has 0 aliphatic rings. The first-order valence-electron chi connectivity index (χ1n) is 7.45. The van der Waals surface area contributed by atoms with Gasteiger partial charge in [0, 0.05) is 20.8 Å². The van der Waals surface area contributed by atoms with Crippen molar-refractivity contribution >= 4 is 26.7 Å². The molecule has 0 N–H and O–H groups in total. The normalized spacial score (nSPS) is 12.4. The molecule has 0 saturated heterocycles. The van der Waals surface area contributed by atoms with Crippen LogP contribution in [-0.4, -0.2) is 32.8 Å². The van der Waals surface area contributed by atoms with Crippen LogP contribution in [0, 0.1) is 0 Å². The second kappa shape index (κ2) is 8.60. The van der Waals surface area contributed by atoms with E-state index in [2.05, 4.69) is 0 Å². The van der Waals surface area contributed by atoms with Crippen molar-refractivity contribution in [3.8, 4) is 0 Å². The molecule has 1 aromatic rings. The van der Waals surface area contributed by atoms with Crippen LogP contribution < -0.4 is 0 Å². The van der Waals surface area contributed by atoms with Gasteiger partial charge in [-0.3, -0.25) is 14.4 Å². The quantitative estimate of drug-likeness (QED) is 0.694. The molecule has 0 spiro atoms. The van der Waals surface area contributed by atoms with Gasteiger partial charge >= 0.3 is 8.80 Å². The van der Waals surface area contributed by atoms with E-state index < -0.39 is 32.4 Å². The smallest absolute Gasteiger partial charge is 0.454 e. The average molecular weight is 354 g/mol. The maximum absolute atomic E-state index is 11.6. The number of carbonyl (C=O) groups is 3. The zero-order valence-electron chi connectivity index (χ0n) is 14.4. The van der Waals surface area contributed by atoms with Crippen LogP contribution in [0.15, 0.2) is 30.3 Å². The minimum Gasteiger partial charge on any atom is -0.454 e. The Morgan fingerprint density at radius 1 is 0.833 bits per heavy atom. The van der Waals surface area contributed by atoms with Crippen molar-refractivity contribution < 1.29 is 32.4 Å². The molecule has 0 fully saturated rings. The Balaban J connectivity index is 3.48. The second-order valence-electron chi connectivity index (χ2n) is 5.36. The van der Waals surface area contributed by atoms with Crippen LogP contribution in [0.4, 0.5) is 0 Å². The average Bonchev–Trinajstić information content (AvgIpc) is 2.43. The molecule has 0 saturated carbocycles. The summed E-state index contributed by atoms with van der Waals surface area (Å²) in [6, 6.07) is 8.72. The topological polar surface area (TPSA) is 88.1 Å². The number of ether oxygens (including phenoxy) is 1. The van der Waals surface area contributed by atoms with Crippen LogP contribution in [-0.2, 0) is 32.4 Å². The summed E-state index contributed by atoms with van der Waals surface area (Å²) in [5.41, 5.74) is -0.447. The second-order valence-corrected chi connectivity index (χ2v) is 7.70. The fourth-order valence-corrected chi connectivity index (χ4v) is 4.78. The van der Waals surface area contributed by atoms with Crippen LogP contribution >= 0.6 is 0 Å². The van der Waals surface area contributed by atoms with E-state index in [1.165, 1.54) is 0 Å². The van der Waals surface area contributed by atoms with E-state index >= 15 is 0 Å². The van der Waals surface area contributed by atoms with Crippen LogP contribution in [0.25, 0.3) is 0 Å². The Hall–Kier alpha value is -2.19. The van der Waals surface area contributed by atoms with Crippen LogP contribution in [0.5, 0.6) is 0 Å². The summed E-state index contributed by atoms with van der Waals surface area (Å²) in [6.45, 7) is 6.97. The van der Waals surface area contributed by atoms with Crippen molar-refractivity contribution in [1.82, 2.24) is 0 Å². The molecule has 0 radical (unpaired) electrons. The third-order valence-electron chi connectivity index (χ3n) is 2.69. The third kappa shape index (κ3) is 5.78. The maximum atomic E-state index is 11.6. The molecule has 0 heterocycles. The molecule has 24 heavy (non-hydrogen) atoms. The maximum Gasteiger partial charge on any atom is 0.740 e. The van der Waals surface area contributed by atoms with Crippen LogP contribution in [0.3, 0.4) is 0 Å². The highest BCUT2D eigenvalue weighted by Gasteiger charge is 2.61. The third-order valence-corrected chi connectivity index (χ3v) is 5.52. The lowest BCUT2D eigenvalue weighted by molar-refractivity contribution is -0.152. The highest BCUT2D eigenvalue weighted by atomic mass is 28.4. The summed E-state index contributed by atoms with van der Waals surface area (Å²) in [5, 5.41) is 0. The predicted octanol–water partition coefficient (Wildman–Crippen LogP) is 2.32. The van der Waals surface area contributed by atoms with E-state index in [0.717, 1.165) is 20.8 Å². The number of hydrogen-bond donors (Lipinski definition) is 0. The van der Waals surface area contributed by atoms with Gasteiger partial charge in [0.05, 0.1) is 6.10 Å². The monoisotopic (exact) mass is 354 g/mol. The number of benzene rings is 1. The van der Waals surface area contributed by atoms with Crippen LogP contribution in [0.2, 0.25) is 0 Å². The van der Waals surface area contributed by atoms with E-state index in [-0.39, 0.29) is 6.10 Å². The van der Waals surface area contributed by atoms with E-state index in [1.807, 2.05) is 0 Å². The molecule has 7 nitrogen and oxygen atoms in total. The van der Waals surface area contributed by atoms with Crippen molar-refractivity contribution in [3.63, 3.8) is 0 Å². The fraction of sp³-hybridized carbons (Fsp3) is 0.438. The minimum atomic E-state index is -4.19. The highest BCUT2D eigenvalue weighted by molar-refractivity contribution is 6.66. The van der Waals surface area contributed by atoms with Crippen molar-refractivity contribution in [1.29, 1.82) is 0 Å². The number of hydrogen-bond acceptors (Lipinski definition) is 7. The summed E-state index contributed by atoms with van der Waals surface area (Å²) in [7, 11) is -4.19. The van der Waals surface area contributed by atoms with Crippen molar-refractivity contribution in [2.75, 3.05) is 0 Å². The molecule has 1 aromatic carbocycles. The van der Waals surface area contributed by atoms with Crippen LogP contribution in [0.1, 0.15) is 45.9 Å². The largest absolute Gasteiger partial charge is 0.740 e. The zero-order valence-corrected chi connectivity index (χ0v) is 15.4. The van der Waals surface area contributed by atoms with E-state index in [1.54, 1.807) is 44.2 Å². The first-order valence-corrected chi connectivity index (χ1v) is 9.25. The molecular formula is C16H22O7Si. The summed E-state index contributed by atoms with van der Waals surface area (Å²) in [4.78, 5) is 34.9. The van der Waals surface area contributed by atoms with E-state index in [4.69, 9.17) is 18.0 Å². The molecular weight excluding hydrogens is 332 g/mol. The predicted molar refractivity (Wildman–Crippen MR) is 86.5 cm³/mol. The first kappa shape index (κ1) is 19.9. The number of rotatable bonds is 7. The molecule has 0 aromatic heterocycles. The van der Waals surface area contributed by atoms with Crippen molar-refractivity contribution in [2.45, 2.75) is 46.4 Å². The van der Waals surface area contributed by atoms with Gasteiger partial charge in [0.25, 0.3) is 17.9 Å². The van der Waals surface area contributed by atoms with E-state index in [0.29, 0.717) is 5.56 Å². The van der Waals surface area contributed by atoms with Gasteiger partial charge in [-0.05, 0) is 19.4 Å². The summed E-state index contributed by atoms with van der Waals surface area (Å²) < 4.78 is 21.6. The fourth-order valence-electron chi connectivity index (χ4n) is 2.09. The zero-order chi connectivity index (χ0) is 18.3. The molecule has 132 valence electrons. The lowest BCUT2D eigenvalue weighted by Crippen LogP contribution is -2.56. The van der Waals surface area contributed by atoms with Gasteiger partial charge in [0.2, 0.25) is 0 Å². The minimum absolute atomic E-state index is 0.302. The van der Waals surface area contributed by atoms with Crippen molar-refractivity contribution in [3.05, 3.63) is 35.9 Å². The SMILES string of the molecule is CC(=O)O[Si](OC(C)=O)(OC(C)=O)C(OC(C)C)c1ccccc1. The molecule has 8 heteroatoms. The molecule has 1 unspecified atom stereocenters. The lowest BCUT2D eigenvalue weighted by Gasteiger charge is -2.33. The molecule has 0 bridgehead atoms. The molecule has 0 amide bonds. The highest BCUT2D eigenvalue weighted by Crippen LogP contribution is 2.33. The number of carbonyl (C=O) groups excluding carboxylic acids is 3. The van der Waals surface area contributed by atoms with Crippen molar-refractivity contribution in [2.24, 2.45) is 0 Å². The Bertz CT molecular complexity index is 545.